The van der Waals surface area contributed by atoms with Gasteiger partial charge in [-0.1, -0.05) is 13.8 Å². The first-order valence-corrected chi connectivity index (χ1v) is 4.76. The zero-order chi connectivity index (χ0) is 7.40. The lowest BCUT2D eigenvalue weighted by Gasteiger charge is -1.77. The zero-order valence-electron chi connectivity index (χ0n) is 6.55. The van der Waals surface area contributed by atoms with Gasteiger partial charge in [-0.05, 0) is 19.3 Å². The van der Waals surface area contributed by atoms with Crippen LogP contribution in [0.3, 0.4) is 0 Å². The molecule has 0 saturated carbocycles. The van der Waals surface area contributed by atoms with Gasteiger partial charge in [0.15, 0.2) is 0 Å². The Hall–Kier alpha value is -0.370. The third-order valence-electron chi connectivity index (χ3n) is 1.54. The van der Waals surface area contributed by atoms with Crippen LogP contribution < -0.4 is 0 Å². The Morgan fingerprint density at radius 3 is 2.90 bits per heavy atom. The van der Waals surface area contributed by atoms with Crippen molar-refractivity contribution in [2.24, 2.45) is 0 Å². The van der Waals surface area contributed by atoms with E-state index in [0.29, 0.717) is 0 Å². The summed E-state index contributed by atoms with van der Waals surface area (Å²) in [4.78, 5) is 5.73. The van der Waals surface area contributed by atoms with E-state index in [-0.39, 0.29) is 0 Å². The van der Waals surface area contributed by atoms with Gasteiger partial charge in [-0.2, -0.15) is 0 Å². The molecule has 2 heteroatoms. The molecule has 0 fully saturated rings. The van der Waals surface area contributed by atoms with Crippen LogP contribution >= 0.6 is 11.3 Å². The highest BCUT2D eigenvalue weighted by molar-refractivity contribution is 7.09. The molecule has 56 valence electrons. The van der Waals surface area contributed by atoms with Crippen LogP contribution in [0.2, 0.25) is 0 Å². The number of rotatable bonds is 0. The third kappa shape index (κ3) is 1.37. The molecule has 1 aromatic heterocycles. The summed E-state index contributed by atoms with van der Waals surface area (Å²) in [5.41, 5.74) is 3.30. The molecule has 0 atom stereocenters. The summed E-state index contributed by atoms with van der Waals surface area (Å²) in [6, 6.07) is 0. The zero-order valence-corrected chi connectivity index (χ0v) is 7.37. The van der Waals surface area contributed by atoms with Gasteiger partial charge < -0.3 is 0 Å². The average molecular weight is 155 g/mol. The fourth-order valence-electron chi connectivity index (χ4n) is 1.12. The predicted octanol–water partition coefficient (Wildman–Crippen LogP) is 2.66. The first kappa shape index (κ1) is 7.73. The highest BCUT2D eigenvalue weighted by Crippen LogP contribution is 2.23. The lowest BCUT2D eigenvalue weighted by molar-refractivity contribution is 0.899. The normalized spacial score (nSPS) is 13.8. The maximum atomic E-state index is 4.22. The smallest absolute Gasteiger partial charge is 0.0797 e. The largest absolute Gasteiger partial charge is 0.249 e. The van der Waals surface area contributed by atoms with Gasteiger partial charge >= 0.3 is 0 Å². The second-order valence-electron chi connectivity index (χ2n) is 2.08. The maximum absolute atomic E-state index is 4.22. The number of nitrogens with zero attached hydrogens (tertiary/aromatic N) is 1. The van der Waals surface area contributed by atoms with E-state index in [1.807, 2.05) is 19.4 Å². The average Bonchev–Trinajstić information content (AvgIpc) is 2.49. The standard InChI is InChI=1S/C6H7NS.C2H6/c1-2-5-6(3-1)8-4-7-5;1-2/h4H,1-3H2;1-2H3. The van der Waals surface area contributed by atoms with Crippen LogP contribution in [0.5, 0.6) is 0 Å². The van der Waals surface area contributed by atoms with E-state index in [1.165, 1.54) is 29.8 Å². The van der Waals surface area contributed by atoms with Crippen molar-refractivity contribution in [1.29, 1.82) is 0 Å². The van der Waals surface area contributed by atoms with E-state index < -0.39 is 0 Å². The summed E-state index contributed by atoms with van der Waals surface area (Å²) in [5.74, 6) is 0. The number of aromatic nitrogens is 1. The van der Waals surface area contributed by atoms with Crippen LogP contribution in [0, 0.1) is 0 Å². The summed E-state index contributed by atoms with van der Waals surface area (Å²) in [7, 11) is 0. The second-order valence-corrected chi connectivity index (χ2v) is 3.02. The number of thiazole rings is 1. The summed E-state index contributed by atoms with van der Waals surface area (Å²) >= 11 is 1.80. The van der Waals surface area contributed by atoms with Gasteiger partial charge in [0.1, 0.15) is 0 Å². The van der Waals surface area contributed by atoms with Crippen LogP contribution in [-0.2, 0) is 12.8 Å². The Balaban J connectivity index is 0.000000231. The molecule has 0 N–H and O–H groups in total. The topological polar surface area (TPSA) is 12.9 Å². The Labute approximate surface area is 66.1 Å². The lowest BCUT2D eigenvalue weighted by Crippen LogP contribution is -1.73. The Morgan fingerprint density at radius 1 is 1.40 bits per heavy atom. The predicted molar refractivity (Wildman–Crippen MR) is 45.5 cm³/mol. The molecule has 0 aromatic carbocycles. The van der Waals surface area contributed by atoms with Crippen molar-refractivity contribution in [3.05, 3.63) is 16.1 Å². The van der Waals surface area contributed by atoms with Gasteiger partial charge in [-0.3, -0.25) is 0 Å². The molecule has 0 spiro atoms. The molecular formula is C8H13NS. The van der Waals surface area contributed by atoms with Crippen molar-refractivity contribution >= 4 is 11.3 Å². The minimum atomic E-state index is 1.22. The Kier molecular flexibility index (Phi) is 2.87. The number of hydrogen-bond acceptors (Lipinski definition) is 2. The van der Waals surface area contributed by atoms with Crippen LogP contribution in [0.15, 0.2) is 5.51 Å². The van der Waals surface area contributed by atoms with Crippen LogP contribution in [0.1, 0.15) is 30.8 Å². The number of hydrogen-bond donors (Lipinski definition) is 0. The van der Waals surface area contributed by atoms with E-state index >= 15 is 0 Å². The fraction of sp³-hybridized carbons (Fsp3) is 0.625. The molecule has 1 nitrogen and oxygen atoms in total. The molecule has 1 aliphatic rings. The molecule has 0 aliphatic heterocycles. The van der Waals surface area contributed by atoms with Gasteiger partial charge in [0.25, 0.3) is 0 Å². The quantitative estimate of drug-likeness (QED) is 0.561. The summed E-state index contributed by atoms with van der Waals surface area (Å²) in [6.45, 7) is 4.00. The first-order chi connectivity index (χ1) is 4.97. The van der Waals surface area contributed by atoms with Crippen molar-refractivity contribution < 1.29 is 0 Å². The monoisotopic (exact) mass is 155 g/mol. The minimum absolute atomic E-state index is 1.22. The molecule has 1 aliphatic carbocycles. The summed E-state index contributed by atoms with van der Waals surface area (Å²) in [6.07, 6.45) is 3.83. The summed E-state index contributed by atoms with van der Waals surface area (Å²) in [5, 5.41) is 0. The van der Waals surface area contributed by atoms with E-state index in [1.54, 1.807) is 11.3 Å². The van der Waals surface area contributed by atoms with E-state index in [2.05, 4.69) is 4.98 Å². The number of aryl methyl sites for hydroxylation is 2. The highest BCUT2D eigenvalue weighted by Gasteiger charge is 2.11. The van der Waals surface area contributed by atoms with E-state index in [4.69, 9.17) is 0 Å². The van der Waals surface area contributed by atoms with Gasteiger partial charge in [-0.25, -0.2) is 4.98 Å². The van der Waals surface area contributed by atoms with Crippen molar-refractivity contribution in [1.82, 2.24) is 4.98 Å². The van der Waals surface area contributed by atoms with Crippen molar-refractivity contribution in [3.8, 4) is 0 Å². The molecular weight excluding hydrogens is 142 g/mol. The van der Waals surface area contributed by atoms with Crippen molar-refractivity contribution in [2.75, 3.05) is 0 Å². The molecule has 1 aromatic rings. The van der Waals surface area contributed by atoms with E-state index in [9.17, 15) is 0 Å². The molecule has 0 unspecified atom stereocenters. The van der Waals surface area contributed by atoms with Gasteiger partial charge in [0, 0.05) is 4.88 Å². The number of fused-ring (bicyclic) bond motifs is 1. The van der Waals surface area contributed by atoms with Crippen molar-refractivity contribution in [2.45, 2.75) is 33.1 Å². The van der Waals surface area contributed by atoms with Crippen LogP contribution in [-0.4, -0.2) is 4.98 Å². The molecule has 10 heavy (non-hydrogen) atoms. The summed E-state index contributed by atoms with van der Waals surface area (Å²) < 4.78 is 0. The van der Waals surface area contributed by atoms with Gasteiger partial charge in [-0.15, -0.1) is 11.3 Å². The van der Waals surface area contributed by atoms with Crippen LogP contribution in [0.4, 0.5) is 0 Å². The second kappa shape index (κ2) is 3.71. The highest BCUT2D eigenvalue weighted by atomic mass is 32.1. The lowest BCUT2D eigenvalue weighted by atomic mass is 10.4. The Bertz CT molecular complexity index is 174. The first-order valence-electron chi connectivity index (χ1n) is 3.88. The third-order valence-corrected chi connectivity index (χ3v) is 2.48. The van der Waals surface area contributed by atoms with Gasteiger partial charge in [0.05, 0.1) is 11.2 Å². The molecule has 0 bridgehead atoms. The molecule has 0 saturated heterocycles. The van der Waals surface area contributed by atoms with Crippen LogP contribution in [0.25, 0.3) is 0 Å². The minimum Gasteiger partial charge on any atom is -0.249 e. The Morgan fingerprint density at radius 2 is 2.20 bits per heavy atom. The molecule has 2 rings (SSSR count). The molecule has 1 heterocycles. The van der Waals surface area contributed by atoms with Crippen molar-refractivity contribution in [3.63, 3.8) is 0 Å². The van der Waals surface area contributed by atoms with E-state index in [0.717, 1.165) is 0 Å². The van der Waals surface area contributed by atoms with Gasteiger partial charge in [0.2, 0.25) is 0 Å². The SMILES string of the molecule is CC.c1nc2c(s1)CCC2. The molecule has 0 amide bonds. The molecule has 0 radical (unpaired) electrons. The maximum Gasteiger partial charge on any atom is 0.0797 e. The fourth-order valence-corrected chi connectivity index (χ4v) is 1.98.